The molecule has 8 heteroatoms. The molecule has 1 aliphatic heterocycles. The number of sulfonamides is 1. The molecule has 1 fully saturated rings. The molecule has 1 aromatic carbocycles. The molecule has 1 atom stereocenters. The van der Waals surface area contributed by atoms with Crippen molar-refractivity contribution in [3.05, 3.63) is 35.4 Å². The Morgan fingerprint density at radius 3 is 2.83 bits per heavy atom. The molecular formula is C15H20F2N2O3S. The minimum atomic E-state index is -3.26. The van der Waals surface area contributed by atoms with E-state index in [2.05, 4.69) is 4.72 Å². The molecule has 1 amide bonds. The highest BCUT2D eigenvalue weighted by Crippen LogP contribution is 2.18. The van der Waals surface area contributed by atoms with Crippen LogP contribution in [0.25, 0.3) is 0 Å². The van der Waals surface area contributed by atoms with Crippen LogP contribution in [0.4, 0.5) is 8.78 Å². The highest BCUT2D eigenvalue weighted by Gasteiger charge is 2.25. The van der Waals surface area contributed by atoms with Gasteiger partial charge in [-0.2, -0.15) is 0 Å². The van der Waals surface area contributed by atoms with Gasteiger partial charge in [-0.15, -0.1) is 0 Å². The minimum absolute atomic E-state index is 0.0276. The summed E-state index contributed by atoms with van der Waals surface area (Å²) in [4.78, 5) is 13.9. The number of benzene rings is 1. The van der Waals surface area contributed by atoms with E-state index in [9.17, 15) is 22.0 Å². The first kappa shape index (κ1) is 17.8. The van der Waals surface area contributed by atoms with Gasteiger partial charge in [-0.05, 0) is 37.0 Å². The maximum absolute atomic E-state index is 13.6. The lowest BCUT2D eigenvalue weighted by atomic mass is 9.97. The number of piperidine rings is 1. The maximum atomic E-state index is 13.6. The topological polar surface area (TPSA) is 66.5 Å². The Bertz CT molecular complexity index is 679. The molecule has 2 rings (SSSR count). The zero-order chi connectivity index (χ0) is 17.0. The summed E-state index contributed by atoms with van der Waals surface area (Å²) in [6, 6.07) is 3.05. The first-order chi connectivity index (χ1) is 10.7. The molecule has 0 bridgehead atoms. The second kappa shape index (κ2) is 7.35. The highest BCUT2D eigenvalue weighted by molar-refractivity contribution is 7.88. The summed E-state index contributed by atoms with van der Waals surface area (Å²) >= 11 is 0. The molecule has 1 unspecified atom stereocenters. The van der Waals surface area contributed by atoms with Gasteiger partial charge in [-0.3, -0.25) is 4.79 Å². The first-order valence-corrected chi connectivity index (χ1v) is 9.30. The lowest BCUT2D eigenvalue weighted by molar-refractivity contribution is -0.132. The predicted molar refractivity (Wildman–Crippen MR) is 82.2 cm³/mol. The number of nitrogens with zero attached hydrogens (tertiary/aromatic N) is 1. The lowest BCUT2D eigenvalue weighted by Gasteiger charge is -2.33. The van der Waals surface area contributed by atoms with Crippen LogP contribution in [0.1, 0.15) is 18.4 Å². The van der Waals surface area contributed by atoms with Crippen LogP contribution in [0.5, 0.6) is 0 Å². The zero-order valence-electron chi connectivity index (χ0n) is 12.9. The predicted octanol–water partition coefficient (Wildman–Crippen LogP) is 1.30. The Hall–Kier alpha value is -1.54. The highest BCUT2D eigenvalue weighted by atomic mass is 32.2. The van der Waals surface area contributed by atoms with E-state index >= 15 is 0 Å². The van der Waals surface area contributed by atoms with Crippen LogP contribution in [0.3, 0.4) is 0 Å². The Kier molecular flexibility index (Phi) is 5.69. The summed E-state index contributed by atoms with van der Waals surface area (Å²) in [5.41, 5.74) is 0.0337. The maximum Gasteiger partial charge on any atom is 0.227 e. The van der Waals surface area contributed by atoms with Crippen molar-refractivity contribution in [3.8, 4) is 0 Å². The van der Waals surface area contributed by atoms with E-state index in [-0.39, 0.29) is 30.4 Å². The van der Waals surface area contributed by atoms with Gasteiger partial charge in [-0.25, -0.2) is 21.9 Å². The summed E-state index contributed by atoms with van der Waals surface area (Å²) in [6.07, 6.45) is 2.47. The van der Waals surface area contributed by atoms with E-state index in [1.54, 1.807) is 4.90 Å². The molecule has 5 nitrogen and oxygen atoms in total. The summed E-state index contributed by atoms with van der Waals surface area (Å²) in [5.74, 6) is -1.44. The molecule has 0 aromatic heterocycles. The number of hydrogen-bond acceptors (Lipinski definition) is 3. The number of amides is 1. The fourth-order valence-corrected chi connectivity index (χ4v) is 3.22. The van der Waals surface area contributed by atoms with Crippen LogP contribution < -0.4 is 4.72 Å². The molecule has 0 aliphatic carbocycles. The van der Waals surface area contributed by atoms with Crippen molar-refractivity contribution in [2.45, 2.75) is 19.3 Å². The molecule has 1 N–H and O–H groups in total. The van der Waals surface area contributed by atoms with E-state index < -0.39 is 21.7 Å². The number of halogens is 2. The fourth-order valence-electron chi connectivity index (χ4n) is 2.68. The quantitative estimate of drug-likeness (QED) is 0.874. The SMILES string of the molecule is CS(=O)(=O)NCC1CCCN(C(=O)Cc2cc(F)ccc2F)C1. The molecular weight excluding hydrogens is 326 g/mol. The van der Waals surface area contributed by atoms with Crippen LogP contribution in [0.2, 0.25) is 0 Å². The summed E-state index contributed by atoms with van der Waals surface area (Å²) in [6.45, 7) is 1.24. The van der Waals surface area contributed by atoms with Crippen molar-refractivity contribution in [1.82, 2.24) is 9.62 Å². The molecule has 1 aromatic rings. The van der Waals surface area contributed by atoms with Crippen LogP contribution >= 0.6 is 0 Å². The molecule has 1 saturated heterocycles. The number of hydrogen-bond donors (Lipinski definition) is 1. The molecule has 23 heavy (non-hydrogen) atoms. The number of nitrogens with one attached hydrogen (secondary N) is 1. The third-order valence-corrected chi connectivity index (χ3v) is 4.55. The van der Waals surface area contributed by atoms with E-state index in [4.69, 9.17) is 0 Å². The smallest absolute Gasteiger partial charge is 0.227 e. The zero-order valence-corrected chi connectivity index (χ0v) is 13.7. The molecule has 128 valence electrons. The van der Waals surface area contributed by atoms with E-state index in [1.165, 1.54) is 0 Å². The third kappa shape index (κ3) is 5.54. The summed E-state index contributed by atoms with van der Waals surface area (Å²) in [5, 5.41) is 0. The fraction of sp³-hybridized carbons (Fsp3) is 0.533. The van der Waals surface area contributed by atoms with Gasteiger partial charge in [-0.1, -0.05) is 0 Å². The molecule has 0 radical (unpaired) electrons. The van der Waals surface area contributed by atoms with Gasteiger partial charge in [0.05, 0.1) is 12.7 Å². The first-order valence-electron chi connectivity index (χ1n) is 7.41. The van der Waals surface area contributed by atoms with Crippen molar-refractivity contribution in [2.75, 3.05) is 25.9 Å². The Morgan fingerprint density at radius 1 is 1.39 bits per heavy atom. The van der Waals surface area contributed by atoms with E-state index in [0.717, 1.165) is 37.3 Å². The van der Waals surface area contributed by atoms with Gasteiger partial charge in [0.1, 0.15) is 11.6 Å². The average molecular weight is 346 g/mol. The molecule has 0 spiro atoms. The summed E-state index contributed by atoms with van der Waals surface area (Å²) in [7, 11) is -3.26. The third-order valence-electron chi connectivity index (χ3n) is 3.86. The largest absolute Gasteiger partial charge is 0.342 e. The normalized spacial score (nSPS) is 18.9. The van der Waals surface area contributed by atoms with Crippen LogP contribution in [-0.2, 0) is 21.2 Å². The summed E-state index contributed by atoms with van der Waals surface area (Å²) < 4.78 is 51.5. The second-order valence-electron chi connectivity index (χ2n) is 5.88. The molecule has 0 saturated carbocycles. The van der Waals surface area contributed by atoms with Gasteiger partial charge in [0, 0.05) is 25.2 Å². The average Bonchev–Trinajstić information content (AvgIpc) is 2.48. The van der Waals surface area contributed by atoms with Gasteiger partial charge in [0.2, 0.25) is 15.9 Å². The Labute approximate surface area is 134 Å². The van der Waals surface area contributed by atoms with Crippen molar-refractivity contribution < 1.29 is 22.0 Å². The van der Waals surface area contributed by atoms with E-state index in [1.807, 2.05) is 0 Å². The number of carbonyl (C=O) groups is 1. The monoisotopic (exact) mass is 346 g/mol. The van der Waals surface area contributed by atoms with E-state index in [0.29, 0.717) is 13.1 Å². The van der Waals surface area contributed by atoms with Crippen molar-refractivity contribution in [3.63, 3.8) is 0 Å². The Morgan fingerprint density at radius 2 is 2.13 bits per heavy atom. The van der Waals surface area contributed by atoms with Gasteiger partial charge in [0.15, 0.2) is 0 Å². The minimum Gasteiger partial charge on any atom is -0.342 e. The standard InChI is InChI=1S/C15H20F2N2O3S/c1-23(21,22)18-9-11-3-2-6-19(10-11)15(20)8-12-7-13(16)4-5-14(12)17/h4-5,7,11,18H,2-3,6,8-10H2,1H3. The van der Waals surface area contributed by atoms with Gasteiger partial charge in [0.25, 0.3) is 0 Å². The van der Waals surface area contributed by atoms with Crippen molar-refractivity contribution >= 4 is 15.9 Å². The van der Waals surface area contributed by atoms with Crippen molar-refractivity contribution in [1.29, 1.82) is 0 Å². The van der Waals surface area contributed by atoms with Crippen LogP contribution in [-0.4, -0.2) is 45.1 Å². The molecule has 1 aliphatic rings. The van der Waals surface area contributed by atoms with Crippen LogP contribution in [0, 0.1) is 17.6 Å². The lowest BCUT2D eigenvalue weighted by Crippen LogP contribution is -2.44. The van der Waals surface area contributed by atoms with Crippen molar-refractivity contribution in [2.24, 2.45) is 5.92 Å². The number of rotatable bonds is 5. The second-order valence-corrected chi connectivity index (χ2v) is 7.71. The van der Waals surface area contributed by atoms with Gasteiger partial charge >= 0.3 is 0 Å². The van der Waals surface area contributed by atoms with Gasteiger partial charge < -0.3 is 4.90 Å². The number of likely N-dealkylation sites (tertiary alicyclic amines) is 1. The number of carbonyl (C=O) groups excluding carboxylic acids is 1. The van der Waals surface area contributed by atoms with Crippen LogP contribution in [0.15, 0.2) is 18.2 Å². The molecule has 1 heterocycles. The Balaban J connectivity index is 1.95.